The van der Waals surface area contributed by atoms with Gasteiger partial charge >= 0.3 is 5.97 Å². The van der Waals surface area contributed by atoms with Crippen molar-refractivity contribution in [2.45, 2.75) is 26.8 Å². The lowest BCUT2D eigenvalue weighted by Crippen LogP contribution is -2.44. The van der Waals surface area contributed by atoms with E-state index in [-0.39, 0.29) is 11.5 Å². The van der Waals surface area contributed by atoms with Gasteiger partial charge < -0.3 is 10.4 Å². The predicted octanol–water partition coefficient (Wildman–Crippen LogP) is 1.97. The molecule has 0 saturated heterocycles. The van der Waals surface area contributed by atoms with Crippen LogP contribution in [0.3, 0.4) is 0 Å². The number of aliphatic carboxylic acids is 1. The Kier molecular flexibility index (Phi) is 4.42. The van der Waals surface area contributed by atoms with Crippen LogP contribution >= 0.6 is 0 Å². The normalized spacial score (nSPS) is 12.3. The van der Waals surface area contributed by atoms with E-state index in [1.54, 1.807) is 26.8 Å². The molecule has 0 aliphatic rings. The van der Waals surface area contributed by atoms with Crippen molar-refractivity contribution in [2.75, 3.05) is 0 Å². The van der Waals surface area contributed by atoms with Crippen molar-refractivity contribution in [1.29, 1.82) is 0 Å². The zero-order chi connectivity index (χ0) is 13.9. The van der Waals surface area contributed by atoms with Gasteiger partial charge in [0.15, 0.2) is 0 Å². The summed E-state index contributed by atoms with van der Waals surface area (Å²) in [6.07, 6.45) is 0. The van der Waals surface area contributed by atoms with Crippen molar-refractivity contribution < 1.29 is 19.1 Å². The number of carbonyl (C=O) groups excluding carboxylic acids is 1. The summed E-state index contributed by atoms with van der Waals surface area (Å²) in [5.41, 5.74) is 0.551. The van der Waals surface area contributed by atoms with Gasteiger partial charge in [0, 0.05) is 0 Å². The number of rotatable bonds is 4. The Bertz CT molecular complexity index is 471. The summed E-state index contributed by atoms with van der Waals surface area (Å²) in [6.45, 7) is 5.05. The first-order valence-corrected chi connectivity index (χ1v) is 5.62. The first kappa shape index (κ1) is 14.2. The molecule has 0 aliphatic heterocycles. The van der Waals surface area contributed by atoms with Gasteiger partial charge in [-0.3, -0.25) is 4.79 Å². The van der Waals surface area contributed by atoms with E-state index in [1.165, 1.54) is 12.1 Å². The molecule has 1 aromatic rings. The molecular formula is C13H16FNO3. The van der Waals surface area contributed by atoms with E-state index >= 15 is 0 Å². The zero-order valence-electron chi connectivity index (χ0n) is 10.5. The molecule has 1 amide bonds. The molecule has 0 spiro atoms. The molecule has 0 unspecified atom stereocenters. The van der Waals surface area contributed by atoms with Crippen LogP contribution in [0.1, 0.15) is 29.8 Å². The maximum absolute atomic E-state index is 13.5. The van der Waals surface area contributed by atoms with E-state index in [0.29, 0.717) is 5.56 Å². The number of nitrogens with one attached hydrogen (secondary N) is 1. The van der Waals surface area contributed by atoms with Crippen LogP contribution in [0.4, 0.5) is 4.39 Å². The van der Waals surface area contributed by atoms with Gasteiger partial charge in [-0.05, 0) is 30.5 Å². The molecule has 0 heterocycles. The lowest BCUT2D eigenvalue weighted by molar-refractivity contribution is -0.140. The lowest BCUT2D eigenvalue weighted by atomic mass is 10.0. The molecule has 18 heavy (non-hydrogen) atoms. The van der Waals surface area contributed by atoms with Crippen molar-refractivity contribution in [2.24, 2.45) is 5.92 Å². The minimum absolute atomic E-state index is 0.146. The van der Waals surface area contributed by atoms with Crippen LogP contribution in [0.2, 0.25) is 0 Å². The van der Waals surface area contributed by atoms with Gasteiger partial charge in [0.25, 0.3) is 5.91 Å². The van der Waals surface area contributed by atoms with Crippen LogP contribution in [-0.2, 0) is 4.79 Å². The number of carboxylic acids is 1. The van der Waals surface area contributed by atoms with Crippen LogP contribution in [0.15, 0.2) is 18.2 Å². The summed E-state index contributed by atoms with van der Waals surface area (Å²) in [7, 11) is 0. The number of carboxylic acid groups (broad SMARTS) is 1. The fraction of sp³-hybridized carbons (Fsp3) is 0.385. The summed E-state index contributed by atoms with van der Waals surface area (Å²) in [4.78, 5) is 22.7. The van der Waals surface area contributed by atoms with E-state index in [0.717, 1.165) is 0 Å². The summed E-state index contributed by atoms with van der Waals surface area (Å²) in [5, 5.41) is 11.3. The van der Waals surface area contributed by atoms with Crippen molar-refractivity contribution in [3.8, 4) is 0 Å². The molecule has 0 aromatic heterocycles. The van der Waals surface area contributed by atoms with Crippen LogP contribution < -0.4 is 5.32 Å². The number of amides is 1. The molecule has 4 nitrogen and oxygen atoms in total. The van der Waals surface area contributed by atoms with Crippen LogP contribution in [-0.4, -0.2) is 23.0 Å². The Hall–Kier alpha value is -1.91. The molecular weight excluding hydrogens is 237 g/mol. The molecule has 0 saturated carbocycles. The van der Waals surface area contributed by atoms with Gasteiger partial charge in [-0.1, -0.05) is 19.9 Å². The Morgan fingerprint density at radius 1 is 1.33 bits per heavy atom. The number of halogens is 1. The highest BCUT2D eigenvalue weighted by molar-refractivity contribution is 5.96. The first-order valence-electron chi connectivity index (χ1n) is 5.62. The highest BCUT2D eigenvalue weighted by atomic mass is 19.1. The predicted molar refractivity (Wildman–Crippen MR) is 64.9 cm³/mol. The average Bonchev–Trinajstić information content (AvgIpc) is 2.24. The van der Waals surface area contributed by atoms with E-state index in [1.807, 2.05) is 0 Å². The van der Waals surface area contributed by atoms with Crippen molar-refractivity contribution in [1.82, 2.24) is 5.32 Å². The number of benzene rings is 1. The second-order valence-corrected chi connectivity index (χ2v) is 4.52. The maximum Gasteiger partial charge on any atom is 0.326 e. The second-order valence-electron chi connectivity index (χ2n) is 4.52. The highest BCUT2D eigenvalue weighted by Crippen LogP contribution is 2.11. The average molecular weight is 253 g/mol. The SMILES string of the molecule is Cc1ccc(C(=O)N[C@@H](C(=O)O)C(C)C)c(F)c1. The van der Waals surface area contributed by atoms with E-state index in [4.69, 9.17) is 5.11 Å². The summed E-state index contributed by atoms with van der Waals surface area (Å²) >= 11 is 0. The second kappa shape index (κ2) is 5.62. The van der Waals surface area contributed by atoms with E-state index < -0.39 is 23.7 Å². The molecule has 0 aliphatic carbocycles. The lowest BCUT2D eigenvalue weighted by Gasteiger charge is -2.18. The highest BCUT2D eigenvalue weighted by Gasteiger charge is 2.24. The van der Waals surface area contributed by atoms with Crippen LogP contribution in [0.25, 0.3) is 0 Å². The minimum Gasteiger partial charge on any atom is -0.480 e. The van der Waals surface area contributed by atoms with Gasteiger partial charge in [0.1, 0.15) is 11.9 Å². The third-order valence-electron chi connectivity index (χ3n) is 2.59. The van der Waals surface area contributed by atoms with Crippen molar-refractivity contribution in [3.63, 3.8) is 0 Å². The molecule has 2 N–H and O–H groups in total. The van der Waals surface area contributed by atoms with Crippen molar-refractivity contribution >= 4 is 11.9 Å². The zero-order valence-corrected chi connectivity index (χ0v) is 10.5. The largest absolute Gasteiger partial charge is 0.480 e. The van der Waals surface area contributed by atoms with Gasteiger partial charge in [-0.2, -0.15) is 0 Å². The summed E-state index contributed by atoms with van der Waals surface area (Å²) < 4.78 is 13.5. The molecule has 1 atom stereocenters. The van der Waals surface area contributed by atoms with Crippen LogP contribution in [0, 0.1) is 18.7 Å². The molecule has 0 fully saturated rings. The van der Waals surface area contributed by atoms with Gasteiger partial charge in [0.05, 0.1) is 5.56 Å². The van der Waals surface area contributed by atoms with Gasteiger partial charge in [-0.15, -0.1) is 0 Å². The quantitative estimate of drug-likeness (QED) is 0.862. The van der Waals surface area contributed by atoms with E-state index in [2.05, 4.69) is 5.32 Å². The fourth-order valence-corrected chi connectivity index (χ4v) is 1.54. The smallest absolute Gasteiger partial charge is 0.326 e. The Morgan fingerprint density at radius 3 is 2.39 bits per heavy atom. The minimum atomic E-state index is -1.13. The molecule has 5 heteroatoms. The standard InChI is InChI=1S/C13H16FNO3/c1-7(2)11(13(17)18)15-12(16)9-5-4-8(3)6-10(9)14/h4-7,11H,1-3H3,(H,15,16)(H,17,18)/t11-/m1/s1. The first-order chi connectivity index (χ1) is 8.32. The third-order valence-corrected chi connectivity index (χ3v) is 2.59. The molecule has 0 bridgehead atoms. The van der Waals surface area contributed by atoms with Gasteiger partial charge in [-0.25, -0.2) is 9.18 Å². The van der Waals surface area contributed by atoms with Crippen molar-refractivity contribution in [3.05, 3.63) is 35.1 Å². The van der Waals surface area contributed by atoms with Crippen LogP contribution in [0.5, 0.6) is 0 Å². The number of aryl methyl sites for hydroxylation is 1. The third kappa shape index (κ3) is 3.29. The Balaban J connectivity index is 2.91. The Morgan fingerprint density at radius 2 is 1.94 bits per heavy atom. The molecule has 1 rings (SSSR count). The van der Waals surface area contributed by atoms with Gasteiger partial charge in [0.2, 0.25) is 0 Å². The number of hydrogen-bond acceptors (Lipinski definition) is 2. The maximum atomic E-state index is 13.5. The fourth-order valence-electron chi connectivity index (χ4n) is 1.54. The topological polar surface area (TPSA) is 66.4 Å². The molecule has 0 radical (unpaired) electrons. The van der Waals surface area contributed by atoms with E-state index in [9.17, 15) is 14.0 Å². The monoisotopic (exact) mass is 253 g/mol. The molecule has 98 valence electrons. The number of hydrogen-bond donors (Lipinski definition) is 2. The summed E-state index contributed by atoms with van der Waals surface area (Å²) in [5.74, 6) is -2.78. The Labute approximate surface area is 105 Å². The summed E-state index contributed by atoms with van der Waals surface area (Å²) in [6, 6.07) is 3.15. The number of carbonyl (C=O) groups is 2. The molecule has 1 aromatic carbocycles.